The molecular formula is C22H29NO2. The van der Waals surface area contributed by atoms with Crippen LogP contribution >= 0.6 is 0 Å². The second-order valence-corrected chi connectivity index (χ2v) is 7.86. The molecule has 0 spiro atoms. The molecule has 2 aromatic carbocycles. The Kier molecular flexibility index (Phi) is 4.76. The SMILES string of the molecule is Cc1cc(C)cc(C(O)(c2cc(C)cc(C)c2)[C@@H]2C[C@@H](O)CN2C)c1. The van der Waals surface area contributed by atoms with Crippen LogP contribution in [0.5, 0.6) is 0 Å². The molecule has 0 unspecified atom stereocenters. The molecule has 3 nitrogen and oxygen atoms in total. The summed E-state index contributed by atoms with van der Waals surface area (Å²) in [6.45, 7) is 8.83. The molecule has 1 saturated heterocycles. The summed E-state index contributed by atoms with van der Waals surface area (Å²) >= 11 is 0. The Morgan fingerprint density at radius 3 is 1.56 bits per heavy atom. The average molecular weight is 339 g/mol. The van der Waals surface area contributed by atoms with Gasteiger partial charge in [0, 0.05) is 12.6 Å². The third kappa shape index (κ3) is 3.37. The first-order chi connectivity index (χ1) is 11.7. The van der Waals surface area contributed by atoms with E-state index in [2.05, 4.69) is 69.0 Å². The number of hydrogen-bond donors (Lipinski definition) is 2. The van der Waals surface area contributed by atoms with E-state index >= 15 is 0 Å². The van der Waals surface area contributed by atoms with Gasteiger partial charge in [0.15, 0.2) is 0 Å². The predicted octanol–water partition coefficient (Wildman–Crippen LogP) is 3.22. The zero-order chi connectivity index (χ0) is 18.4. The fourth-order valence-electron chi connectivity index (χ4n) is 4.40. The van der Waals surface area contributed by atoms with Gasteiger partial charge in [-0.25, -0.2) is 0 Å². The molecule has 3 rings (SSSR count). The minimum Gasteiger partial charge on any atom is -0.392 e. The van der Waals surface area contributed by atoms with Crippen molar-refractivity contribution in [2.24, 2.45) is 0 Å². The summed E-state index contributed by atoms with van der Waals surface area (Å²) in [7, 11) is 1.98. The number of aliphatic hydroxyl groups excluding tert-OH is 1. The normalized spacial score (nSPS) is 21.7. The lowest BCUT2D eigenvalue weighted by atomic mass is 9.77. The third-order valence-corrected chi connectivity index (χ3v) is 5.33. The molecule has 2 atom stereocenters. The molecule has 1 aliphatic heterocycles. The number of rotatable bonds is 3. The van der Waals surface area contributed by atoms with E-state index < -0.39 is 11.7 Å². The van der Waals surface area contributed by atoms with Crippen LogP contribution in [0.2, 0.25) is 0 Å². The monoisotopic (exact) mass is 339 g/mol. The highest BCUT2D eigenvalue weighted by molar-refractivity contribution is 5.44. The molecular weight excluding hydrogens is 310 g/mol. The number of β-amino-alcohol motifs (C(OH)–C–C–N with tert-alkyl or cyclic N) is 1. The van der Waals surface area contributed by atoms with Crippen molar-refractivity contribution in [1.82, 2.24) is 4.90 Å². The Bertz CT molecular complexity index is 692. The molecule has 3 heteroatoms. The second-order valence-electron chi connectivity index (χ2n) is 7.86. The van der Waals surface area contributed by atoms with Crippen molar-refractivity contribution >= 4 is 0 Å². The van der Waals surface area contributed by atoms with Crippen molar-refractivity contribution in [1.29, 1.82) is 0 Å². The summed E-state index contributed by atoms with van der Waals surface area (Å²) in [6.07, 6.45) is 0.158. The minimum absolute atomic E-state index is 0.162. The van der Waals surface area contributed by atoms with Gasteiger partial charge in [0.05, 0.1) is 6.10 Å². The first kappa shape index (κ1) is 18.1. The summed E-state index contributed by atoms with van der Waals surface area (Å²) in [5.41, 5.74) is 5.21. The highest BCUT2D eigenvalue weighted by Crippen LogP contribution is 2.41. The zero-order valence-electron chi connectivity index (χ0n) is 15.9. The number of benzene rings is 2. The van der Waals surface area contributed by atoms with Gasteiger partial charge in [0.25, 0.3) is 0 Å². The van der Waals surface area contributed by atoms with Crippen LogP contribution in [0.3, 0.4) is 0 Å². The molecule has 2 aromatic rings. The summed E-state index contributed by atoms with van der Waals surface area (Å²) in [4.78, 5) is 2.08. The molecule has 1 fully saturated rings. The predicted molar refractivity (Wildman–Crippen MR) is 102 cm³/mol. The quantitative estimate of drug-likeness (QED) is 0.902. The van der Waals surface area contributed by atoms with Crippen LogP contribution in [0.4, 0.5) is 0 Å². The van der Waals surface area contributed by atoms with Gasteiger partial charge < -0.3 is 10.2 Å². The Labute approximate surface area is 150 Å². The molecule has 2 N–H and O–H groups in total. The van der Waals surface area contributed by atoms with E-state index in [9.17, 15) is 10.2 Å². The van der Waals surface area contributed by atoms with Gasteiger partial charge in [-0.3, -0.25) is 4.90 Å². The van der Waals surface area contributed by atoms with Crippen molar-refractivity contribution < 1.29 is 10.2 Å². The summed E-state index contributed by atoms with van der Waals surface area (Å²) < 4.78 is 0. The van der Waals surface area contributed by atoms with Gasteiger partial charge in [-0.2, -0.15) is 0 Å². The van der Waals surface area contributed by atoms with Crippen molar-refractivity contribution in [3.05, 3.63) is 69.8 Å². The standard InChI is InChI=1S/C22H29NO2/c1-14-6-15(2)9-18(8-14)22(25,21-12-20(24)13-23(21)5)19-10-16(3)7-17(4)11-19/h6-11,20-21,24-25H,12-13H2,1-5H3/t20-,21+/m1/s1. The topological polar surface area (TPSA) is 43.7 Å². The average Bonchev–Trinajstić information content (AvgIpc) is 2.83. The van der Waals surface area contributed by atoms with Gasteiger partial charge in [-0.05, 0) is 52.3 Å². The van der Waals surface area contributed by atoms with Gasteiger partial charge in [0.1, 0.15) is 5.60 Å². The first-order valence-electron chi connectivity index (χ1n) is 8.98. The minimum atomic E-state index is -1.15. The molecule has 25 heavy (non-hydrogen) atoms. The fourth-order valence-corrected chi connectivity index (χ4v) is 4.40. The highest BCUT2D eigenvalue weighted by atomic mass is 16.3. The van der Waals surface area contributed by atoms with Crippen LogP contribution in [0.15, 0.2) is 36.4 Å². The Balaban J connectivity index is 2.24. The summed E-state index contributed by atoms with van der Waals surface area (Å²) in [5.74, 6) is 0. The van der Waals surface area contributed by atoms with E-state index in [1.165, 1.54) is 0 Å². The molecule has 0 radical (unpaired) electrons. The van der Waals surface area contributed by atoms with E-state index in [1.54, 1.807) is 0 Å². The van der Waals surface area contributed by atoms with Crippen molar-refractivity contribution in [2.75, 3.05) is 13.6 Å². The smallest absolute Gasteiger partial charge is 0.130 e. The van der Waals surface area contributed by atoms with Crippen LogP contribution in [-0.2, 0) is 5.60 Å². The number of nitrogens with zero attached hydrogens (tertiary/aromatic N) is 1. The van der Waals surface area contributed by atoms with Gasteiger partial charge >= 0.3 is 0 Å². The van der Waals surface area contributed by atoms with Gasteiger partial charge in [-0.15, -0.1) is 0 Å². The molecule has 134 valence electrons. The maximum absolute atomic E-state index is 12.1. The fraction of sp³-hybridized carbons (Fsp3) is 0.455. The van der Waals surface area contributed by atoms with Crippen LogP contribution < -0.4 is 0 Å². The van der Waals surface area contributed by atoms with E-state index in [0.717, 1.165) is 33.4 Å². The number of likely N-dealkylation sites (tertiary alicyclic amines) is 1. The van der Waals surface area contributed by atoms with Crippen LogP contribution in [0, 0.1) is 27.7 Å². The van der Waals surface area contributed by atoms with E-state index in [-0.39, 0.29) is 6.04 Å². The Hall–Kier alpha value is -1.68. The summed E-state index contributed by atoms with van der Waals surface area (Å²) in [6, 6.07) is 12.4. The third-order valence-electron chi connectivity index (χ3n) is 5.33. The van der Waals surface area contributed by atoms with Crippen LogP contribution in [0.1, 0.15) is 39.8 Å². The van der Waals surface area contributed by atoms with Gasteiger partial charge in [0.2, 0.25) is 0 Å². The van der Waals surface area contributed by atoms with E-state index in [0.29, 0.717) is 13.0 Å². The molecule has 0 saturated carbocycles. The Morgan fingerprint density at radius 2 is 1.24 bits per heavy atom. The number of hydrogen-bond acceptors (Lipinski definition) is 3. The lowest BCUT2D eigenvalue weighted by molar-refractivity contribution is 0.00382. The highest BCUT2D eigenvalue weighted by Gasteiger charge is 2.47. The lowest BCUT2D eigenvalue weighted by Crippen LogP contribution is -2.47. The summed E-state index contributed by atoms with van der Waals surface area (Å²) in [5, 5.41) is 22.3. The van der Waals surface area contributed by atoms with E-state index in [4.69, 9.17) is 0 Å². The molecule has 1 aliphatic rings. The second kappa shape index (κ2) is 6.56. The first-order valence-corrected chi connectivity index (χ1v) is 8.98. The van der Waals surface area contributed by atoms with Crippen molar-refractivity contribution in [3.8, 4) is 0 Å². The maximum Gasteiger partial charge on any atom is 0.130 e. The van der Waals surface area contributed by atoms with Crippen LogP contribution in [-0.4, -0.2) is 40.9 Å². The zero-order valence-corrected chi connectivity index (χ0v) is 15.9. The van der Waals surface area contributed by atoms with Gasteiger partial charge in [-0.1, -0.05) is 58.7 Å². The number of likely N-dealkylation sites (N-methyl/N-ethyl adjacent to an activating group) is 1. The molecule has 0 aliphatic carbocycles. The van der Waals surface area contributed by atoms with Crippen molar-refractivity contribution in [2.45, 2.75) is 51.9 Å². The lowest BCUT2D eigenvalue weighted by Gasteiger charge is -2.39. The maximum atomic E-state index is 12.1. The molecule has 0 amide bonds. The molecule has 1 heterocycles. The largest absolute Gasteiger partial charge is 0.392 e. The number of aryl methyl sites for hydroxylation is 4. The van der Waals surface area contributed by atoms with Crippen molar-refractivity contribution in [3.63, 3.8) is 0 Å². The molecule has 0 bridgehead atoms. The van der Waals surface area contributed by atoms with Crippen LogP contribution in [0.25, 0.3) is 0 Å². The number of aliphatic hydroxyl groups is 2. The Morgan fingerprint density at radius 1 is 0.840 bits per heavy atom. The van der Waals surface area contributed by atoms with E-state index in [1.807, 2.05) is 7.05 Å². The molecule has 0 aromatic heterocycles.